The van der Waals surface area contributed by atoms with Crippen LogP contribution in [0.4, 0.5) is 14.9 Å². The van der Waals surface area contributed by atoms with E-state index in [0.717, 1.165) is 37.7 Å². The number of benzene rings is 1. The maximum Gasteiger partial charge on any atom is 0.319 e. The summed E-state index contributed by atoms with van der Waals surface area (Å²) in [6.45, 7) is 0.723. The normalized spacial score (nSPS) is 22.4. The van der Waals surface area contributed by atoms with Crippen molar-refractivity contribution in [2.45, 2.75) is 49.9 Å². The largest absolute Gasteiger partial charge is 0.439 e. The highest BCUT2D eigenvalue weighted by Gasteiger charge is 2.44. The van der Waals surface area contributed by atoms with Crippen molar-refractivity contribution in [1.29, 1.82) is 0 Å². The Morgan fingerprint density at radius 1 is 1.29 bits per heavy atom. The molecule has 3 aliphatic rings. The van der Waals surface area contributed by atoms with E-state index in [4.69, 9.17) is 20.8 Å². The Bertz CT molecular complexity index is 937. The smallest absolute Gasteiger partial charge is 0.319 e. The van der Waals surface area contributed by atoms with Gasteiger partial charge in [-0.3, -0.25) is 0 Å². The van der Waals surface area contributed by atoms with E-state index >= 15 is 0 Å². The zero-order valence-electron chi connectivity index (χ0n) is 15.4. The second-order valence-corrected chi connectivity index (χ2v) is 8.44. The van der Waals surface area contributed by atoms with Crippen LogP contribution in [0.1, 0.15) is 43.6 Å². The zero-order valence-corrected chi connectivity index (χ0v) is 16.1. The summed E-state index contributed by atoms with van der Waals surface area (Å²) in [5, 5.41) is 9.45. The third-order valence-corrected chi connectivity index (χ3v) is 6.19. The van der Waals surface area contributed by atoms with Gasteiger partial charge in [0.2, 0.25) is 5.89 Å². The molecule has 3 N–H and O–H groups in total. The topological polar surface area (TPSA) is 88.4 Å². The maximum atomic E-state index is 14.1. The highest BCUT2D eigenvalue weighted by molar-refractivity contribution is 6.35. The molecule has 2 fully saturated rings. The van der Waals surface area contributed by atoms with Crippen molar-refractivity contribution in [2.75, 3.05) is 25.1 Å². The summed E-state index contributed by atoms with van der Waals surface area (Å²) in [4.78, 5) is 16.8. The van der Waals surface area contributed by atoms with E-state index < -0.39 is 11.2 Å². The van der Waals surface area contributed by atoms with E-state index in [1.807, 2.05) is 0 Å². The number of hydrogen-bond acceptors (Lipinski definition) is 5. The van der Waals surface area contributed by atoms with E-state index in [0.29, 0.717) is 34.2 Å². The Labute approximate surface area is 166 Å². The van der Waals surface area contributed by atoms with Crippen molar-refractivity contribution < 1.29 is 18.3 Å². The van der Waals surface area contributed by atoms with Crippen LogP contribution >= 0.6 is 11.6 Å². The summed E-state index contributed by atoms with van der Waals surface area (Å²) in [6, 6.07) is 1.47. The van der Waals surface area contributed by atoms with Gasteiger partial charge in [-0.2, -0.15) is 0 Å². The number of aromatic nitrogens is 1. The minimum atomic E-state index is -1.31. The average molecular weight is 409 g/mol. The lowest BCUT2D eigenvalue weighted by Gasteiger charge is -2.42. The first-order valence-corrected chi connectivity index (χ1v) is 10.0. The van der Waals surface area contributed by atoms with Gasteiger partial charge in [-0.15, -0.1) is 0 Å². The van der Waals surface area contributed by atoms with Crippen LogP contribution in [0.3, 0.4) is 0 Å². The van der Waals surface area contributed by atoms with Crippen LogP contribution in [0, 0.1) is 0 Å². The molecule has 1 aromatic heterocycles. The van der Waals surface area contributed by atoms with Gasteiger partial charge >= 0.3 is 6.03 Å². The van der Waals surface area contributed by atoms with Crippen molar-refractivity contribution in [3.05, 3.63) is 22.5 Å². The molecule has 1 spiro atoms. The molecule has 1 aromatic carbocycles. The summed E-state index contributed by atoms with van der Waals surface area (Å²) in [5.74, 6) is 0.464. The Morgan fingerprint density at radius 2 is 2.07 bits per heavy atom. The first-order chi connectivity index (χ1) is 13.5. The zero-order chi connectivity index (χ0) is 19.4. The first kappa shape index (κ1) is 18.1. The van der Waals surface area contributed by atoms with Crippen LogP contribution in [-0.2, 0) is 16.8 Å². The van der Waals surface area contributed by atoms with Gasteiger partial charge in [0.05, 0.1) is 36.0 Å². The summed E-state index contributed by atoms with van der Waals surface area (Å²) < 4.78 is 25.1. The monoisotopic (exact) mass is 408 g/mol. The van der Waals surface area contributed by atoms with Crippen LogP contribution in [-0.4, -0.2) is 36.4 Å². The number of urea groups is 1. The molecule has 5 rings (SSSR count). The van der Waals surface area contributed by atoms with Crippen LogP contribution in [0.15, 0.2) is 10.5 Å². The highest BCUT2D eigenvalue weighted by Crippen LogP contribution is 2.48. The van der Waals surface area contributed by atoms with Crippen LogP contribution < -0.4 is 16.0 Å². The van der Waals surface area contributed by atoms with Gasteiger partial charge in [0.1, 0.15) is 5.52 Å². The van der Waals surface area contributed by atoms with E-state index in [9.17, 15) is 9.18 Å². The number of halogens is 2. The molecule has 7 nitrogen and oxygen atoms in total. The SMILES string of the molecule is O=C1Nc2c(Cl)cc3nc(CNCC4(F)COC4)oc3c2C2(CCCCC2)N1. The van der Waals surface area contributed by atoms with Crippen molar-refractivity contribution in [3.8, 4) is 0 Å². The second-order valence-electron chi connectivity index (χ2n) is 8.03. The van der Waals surface area contributed by atoms with Gasteiger partial charge in [-0.1, -0.05) is 30.9 Å². The van der Waals surface area contributed by atoms with Gasteiger partial charge in [0.15, 0.2) is 11.3 Å². The third-order valence-electron chi connectivity index (χ3n) is 5.89. The first-order valence-electron chi connectivity index (χ1n) is 9.67. The van der Waals surface area contributed by atoms with Gasteiger partial charge in [0.25, 0.3) is 0 Å². The molecule has 2 amide bonds. The molecular weight excluding hydrogens is 387 g/mol. The molecule has 1 saturated carbocycles. The number of carbonyl (C=O) groups excluding carboxylic acids is 1. The number of alkyl halides is 1. The molecule has 2 aliphatic heterocycles. The third kappa shape index (κ3) is 2.94. The lowest BCUT2D eigenvalue weighted by molar-refractivity contribution is -0.127. The molecule has 1 aliphatic carbocycles. The van der Waals surface area contributed by atoms with Gasteiger partial charge in [-0.05, 0) is 18.9 Å². The Hall–Kier alpha value is -1.90. The standard InChI is InChI=1S/C19H22ClFN4O3/c20-11-6-12-16(28-13(23-12)7-22-8-18(21)9-27-10-18)14-15(11)24-17(26)25-19(14)4-2-1-3-5-19/h6,22H,1-5,7-10H2,(H2,24,25,26). The number of carbonyl (C=O) groups is 1. The summed E-state index contributed by atoms with van der Waals surface area (Å²) in [5.41, 5.74) is 0.954. The molecule has 0 unspecified atom stereocenters. The van der Waals surface area contributed by atoms with E-state index in [1.165, 1.54) is 0 Å². The molecule has 0 bridgehead atoms. The van der Waals surface area contributed by atoms with Crippen molar-refractivity contribution in [2.24, 2.45) is 0 Å². The van der Waals surface area contributed by atoms with Crippen molar-refractivity contribution >= 4 is 34.4 Å². The number of ether oxygens (including phenoxy) is 1. The number of fused-ring (bicyclic) bond motifs is 4. The lowest BCUT2D eigenvalue weighted by Crippen LogP contribution is -2.52. The van der Waals surface area contributed by atoms with E-state index in [2.05, 4.69) is 20.9 Å². The number of oxazole rings is 1. The molecule has 2 aromatic rings. The van der Waals surface area contributed by atoms with Crippen molar-refractivity contribution in [1.82, 2.24) is 15.6 Å². The van der Waals surface area contributed by atoms with Gasteiger partial charge < -0.3 is 25.1 Å². The maximum absolute atomic E-state index is 14.1. The predicted octanol–water partition coefficient (Wildman–Crippen LogP) is 3.60. The second kappa shape index (κ2) is 6.57. The van der Waals surface area contributed by atoms with E-state index in [-0.39, 0.29) is 25.8 Å². The van der Waals surface area contributed by atoms with Crippen molar-refractivity contribution in [3.63, 3.8) is 0 Å². The average Bonchev–Trinajstić information content (AvgIpc) is 3.03. The fraction of sp³-hybridized carbons (Fsp3) is 0.579. The molecule has 150 valence electrons. The summed E-state index contributed by atoms with van der Waals surface area (Å²) >= 11 is 6.49. The fourth-order valence-corrected chi connectivity index (χ4v) is 4.75. The molecule has 9 heteroatoms. The number of rotatable bonds is 4. The number of hydrogen-bond donors (Lipinski definition) is 3. The molecule has 0 radical (unpaired) electrons. The minimum absolute atomic E-state index is 0.116. The molecule has 3 heterocycles. The molecular formula is C19H22ClFN4O3. The quantitative estimate of drug-likeness (QED) is 0.719. The molecule has 0 atom stereocenters. The number of nitrogens with zero attached hydrogens (tertiary/aromatic N) is 1. The Morgan fingerprint density at radius 3 is 2.79 bits per heavy atom. The molecule has 28 heavy (non-hydrogen) atoms. The van der Waals surface area contributed by atoms with Gasteiger partial charge in [0, 0.05) is 12.1 Å². The minimum Gasteiger partial charge on any atom is -0.439 e. The lowest BCUT2D eigenvalue weighted by atomic mass is 9.74. The van der Waals surface area contributed by atoms with Gasteiger partial charge in [-0.25, -0.2) is 14.2 Å². The highest BCUT2D eigenvalue weighted by atomic mass is 35.5. The number of amides is 2. The summed E-state index contributed by atoms with van der Waals surface area (Å²) in [7, 11) is 0. The number of nitrogens with one attached hydrogen (secondary N) is 3. The molecule has 1 saturated heterocycles. The Kier molecular flexibility index (Phi) is 4.26. The Balaban J connectivity index is 1.51. The van der Waals surface area contributed by atoms with E-state index in [1.54, 1.807) is 6.07 Å². The van der Waals surface area contributed by atoms with Crippen LogP contribution in [0.2, 0.25) is 5.02 Å². The fourth-order valence-electron chi connectivity index (χ4n) is 4.51. The summed E-state index contributed by atoms with van der Waals surface area (Å²) in [6.07, 6.45) is 4.86. The van der Waals surface area contributed by atoms with Crippen LogP contribution in [0.25, 0.3) is 11.1 Å². The predicted molar refractivity (Wildman–Crippen MR) is 102 cm³/mol. The number of anilines is 1. The van der Waals surface area contributed by atoms with Crippen LogP contribution in [0.5, 0.6) is 0 Å².